The van der Waals surface area contributed by atoms with Crippen LogP contribution in [0.25, 0.3) is 104 Å². The van der Waals surface area contributed by atoms with E-state index in [2.05, 4.69) is 243 Å². The van der Waals surface area contributed by atoms with Crippen molar-refractivity contribution in [1.29, 1.82) is 0 Å². The van der Waals surface area contributed by atoms with Crippen LogP contribution in [-0.2, 0) is 0 Å². The third-order valence-corrected chi connectivity index (χ3v) is 13.4. The monoisotopic (exact) mass is 830 g/mol. The van der Waals surface area contributed by atoms with Crippen molar-refractivity contribution >= 4 is 104 Å². The molecular weight excluding hydrogens is 793 g/mol. The molecule has 14 rings (SSSR count). The minimum absolute atomic E-state index is 0.862. The van der Waals surface area contributed by atoms with E-state index in [9.17, 15) is 0 Å². The summed E-state index contributed by atoms with van der Waals surface area (Å²) < 4.78 is 13.7. The Labute approximate surface area is 373 Å². The Bertz CT molecular complexity index is 3960. The molecule has 14 aromatic rings. The van der Waals surface area contributed by atoms with Crippen molar-refractivity contribution in [2.75, 3.05) is 4.90 Å². The van der Waals surface area contributed by atoms with Crippen LogP contribution in [0.2, 0.25) is 0 Å². The number of fused-ring (bicyclic) bond motifs is 12. The highest BCUT2D eigenvalue weighted by Crippen LogP contribution is 2.45. The van der Waals surface area contributed by atoms with Gasteiger partial charge in [-0.15, -0.1) is 0 Å². The molecule has 0 aliphatic heterocycles. The van der Waals surface area contributed by atoms with Gasteiger partial charge in [0, 0.05) is 60.2 Å². The molecule has 0 bridgehead atoms. The summed E-state index contributed by atoms with van der Waals surface area (Å²) >= 11 is 0. The molecule has 0 unspecified atom stereocenters. The number of rotatable bonds is 6. The topological polar surface area (TPSA) is 31.2 Å². The fourth-order valence-electron chi connectivity index (χ4n) is 10.6. The van der Waals surface area contributed by atoms with Crippen LogP contribution in [0, 0.1) is 0 Å². The SMILES string of the molecule is c1ccc(-n2c3ccccc3c3cc(N(c4cc(-n5c6ccccc6c6ccccc65)cc(-n5c6ccccc6c6ccccc65)c4)c4ccc5oc6ccccc6c5c4)ccc32)cc1. The molecule has 0 saturated carbocycles. The second-order valence-corrected chi connectivity index (χ2v) is 17.0. The smallest absolute Gasteiger partial charge is 0.135 e. The number of para-hydroxylation sites is 7. The Morgan fingerprint density at radius 3 is 1.17 bits per heavy atom. The molecule has 0 atom stereocenters. The molecule has 10 aromatic carbocycles. The first-order chi connectivity index (χ1) is 32.2. The van der Waals surface area contributed by atoms with Crippen molar-refractivity contribution < 1.29 is 4.42 Å². The first-order valence-corrected chi connectivity index (χ1v) is 22.2. The summed E-state index contributed by atoms with van der Waals surface area (Å²) in [6.07, 6.45) is 0. The van der Waals surface area contributed by atoms with E-state index in [-0.39, 0.29) is 0 Å². The van der Waals surface area contributed by atoms with Gasteiger partial charge in [-0.1, -0.05) is 127 Å². The first kappa shape index (κ1) is 35.8. The number of hydrogen-bond acceptors (Lipinski definition) is 2. The fraction of sp³-hybridized carbons (Fsp3) is 0. The van der Waals surface area contributed by atoms with E-state index in [1.807, 2.05) is 6.07 Å². The van der Waals surface area contributed by atoms with Crippen LogP contribution >= 0.6 is 0 Å². The summed E-state index contributed by atoms with van der Waals surface area (Å²) in [5.74, 6) is 0. The lowest BCUT2D eigenvalue weighted by molar-refractivity contribution is 0.669. The summed E-state index contributed by atoms with van der Waals surface area (Å²) in [5.41, 5.74) is 15.1. The van der Waals surface area contributed by atoms with Crippen LogP contribution < -0.4 is 4.90 Å². The van der Waals surface area contributed by atoms with Gasteiger partial charge in [-0.3, -0.25) is 0 Å². The number of nitrogens with zero attached hydrogens (tertiary/aromatic N) is 4. The molecule has 65 heavy (non-hydrogen) atoms. The normalized spacial score (nSPS) is 12.0. The van der Waals surface area contributed by atoms with E-state index < -0.39 is 0 Å². The highest BCUT2D eigenvalue weighted by Gasteiger charge is 2.23. The molecule has 5 heteroatoms. The van der Waals surface area contributed by atoms with Gasteiger partial charge in [-0.2, -0.15) is 0 Å². The minimum Gasteiger partial charge on any atom is -0.456 e. The lowest BCUT2D eigenvalue weighted by atomic mass is 10.1. The summed E-state index contributed by atoms with van der Waals surface area (Å²) in [4.78, 5) is 2.43. The van der Waals surface area contributed by atoms with Crippen LogP contribution in [0.3, 0.4) is 0 Å². The minimum atomic E-state index is 0.862. The van der Waals surface area contributed by atoms with E-state index in [1.54, 1.807) is 0 Å². The van der Waals surface area contributed by atoms with Crippen molar-refractivity contribution in [2.45, 2.75) is 0 Å². The first-order valence-electron chi connectivity index (χ1n) is 22.2. The highest BCUT2D eigenvalue weighted by atomic mass is 16.3. The zero-order valence-corrected chi connectivity index (χ0v) is 35.1. The van der Waals surface area contributed by atoms with E-state index in [0.29, 0.717) is 0 Å². The predicted octanol–water partition coefficient (Wildman–Crippen LogP) is 16.3. The number of benzene rings is 10. The Kier molecular flexibility index (Phi) is 7.62. The molecule has 4 heterocycles. The van der Waals surface area contributed by atoms with Gasteiger partial charge in [0.15, 0.2) is 0 Å². The molecule has 0 spiro atoms. The lowest BCUT2D eigenvalue weighted by Crippen LogP contribution is -2.12. The molecule has 0 N–H and O–H groups in total. The maximum absolute atomic E-state index is 6.42. The average Bonchev–Trinajstić information content (AvgIpc) is 4.11. The van der Waals surface area contributed by atoms with Crippen molar-refractivity contribution in [3.8, 4) is 17.1 Å². The van der Waals surface area contributed by atoms with Crippen LogP contribution in [0.4, 0.5) is 17.1 Å². The van der Waals surface area contributed by atoms with E-state index in [1.165, 1.54) is 37.8 Å². The van der Waals surface area contributed by atoms with Crippen LogP contribution in [0.15, 0.2) is 235 Å². The molecule has 304 valence electrons. The predicted molar refractivity (Wildman–Crippen MR) is 271 cm³/mol. The highest BCUT2D eigenvalue weighted by molar-refractivity contribution is 6.13. The standard InChI is InChI=1S/C60H38N4O/c1-2-16-39(17-3-1)62-57-28-14-8-22-49(57)51-37-40(30-32-58(51)62)61(41-31-33-60-52(38-41)50-23-9-15-29-59(50)65-60)42-34-43(63-53-24-10-4-18-45(53)46-19-5-11-25-54(46)63)36-44(35-42)64-55-26-12-6-20-47(55)48-21-7-13-27-56(48)64/h1-38H. The lowest BCUT2D eigenvalue weighted by Gasteiger charge is -2.27. The second-order valence-electron chi connectivity index (χ2n) is 17.0. The van der Waals surface area contributed by atoms with Gasteiger partial charge < -0.3 is 23.0 Å². The molecule has 0 amide bonds. The zero-order chi connectivity index (χ0) is 42.6. The fourth-order valence-corrected chi connectivity index (χ4v) is 10.6. The van der Waals surface area contributed by atoms with Gasteiger partial charge >= 0.3 is 0 Å². The van der Waals surface area contributed by atoms with Gasteiger partial charge in [0.05, 0.1) is 50.2 Å². The third-order valence-electron chi connectivity index (χ3n) is 13.4. The molecule has 5 nitrogen and oxygen atoms in total. The van der Waals surface area contributed by atoms with Crippen molar-refractivity contribution in [1.82, 2.24) is 13.7 Å². The maximum Gasteiger partial charge on any atom is 0.135 e. The van der Waals surface area contributed by atoms with E-state index in [0.717, 1.165) is 83.6 Å². The Morgan fingerprint density at radius 1 is 0.246 bits per heavy atom. The summed E-state index contributed by atoms with van der Waals surface area (Å²) in [6.45, 7) is 0. The van der Waals surface area contributed by atoms with Gasteiger partial charge in [0.1, 0.15) is 11.2 Å². The van der Waals surface area contributed by atoms with Crippen LogP contribution in [-0.4, -0.2) is 13.7 Å². The van der Waals surface area contributed by atoms with Crippen molar-refractivity contribution in [3.05, 3.63) is 231 Å². The van der Waals surface area contributed by atoms with E-state index in [4.69, 9.17) is 4.42 Å². The van der Waals surface area contributed by atoms with Gasteiger partial charge in [-0.05, 0) is 103 Å². The number of hydrogen-bond donors (Lipinski definition) is 0. The van der Waals surface area contributed by atoms with Gasteiger partial charge in [-0.25, -0.2) is 0 Å². The van der Waals surface area contributed by atoms with Crippen molar-refractivity contribution in [2.24, 2.45) is 0 Å². The molecule has 0 fully saturated rings. The second kappa shape index (κ2) is 13.9. The average molecular weight is 831 g/mol. The molecule has 0 radical (unpaired) electrons. The van der Waals surface area contributed by atoms with E-state index >= 15 is 0 Å². The molecule has 0 aliphatic carbocycles. The molecular formula is C60H38N4O. The Morgan fingerprint density at radius 2 is 0.631 bits per heavy atom. The largest absolute Gasteiger partial charge is 0.456 e. The number of furan rings is 1. The van der Waals surface area contributed by atoms with Gasteiger partial charge in [0.2, 0.25) is 0 Å². The molecule has 0 saturated heterocycles. The number of aromatic nitrogens is 3. The quantitative estimate of drug-likeness (QED) is 0.167. The van der Waals surface area contributed by atoms with Crippen LogP contribution in [0.1, 0.15) is 0 Å². The van der Waals surface area contributed by atoms with Crippen molar-refractivity contribution in [3.63, 3.8) is 0 Å². The van der Waals surface area contributed by atoms with Crippen LogP contribution in [0.5, 0.6) is 0 Å². The third kappa shape index (κ3) is 5.33. The van der Waals surface area contributed by atoms with Gasteiger partial charge in [0.25, 0.3) is 0 Å². The molecule has 4 aromatic heterocycles. The Hall–Kier alpha value is -8.80. The number of anilines is 3. The zero-order valence-electron chi connectivity index (χ0n) is 35.1. The summed E-state index contributed by atoms with van der Waals surface area (Å²) in [5, 5.41) is 9.45. The Balaban J connectivity index is 1.10. The maximum atomic E-state index is 6.42. The summed E-state index contributed by atoms with van der Waals surface area (Å²) in [7, 11) is 0. The summed E-state index contributed by atoms with van der Waals surface area (Å²) in [6, 6.07) is 83.5. The molecule has 0 aliphatic rings.